The standard InChI is InChI=1S/C10H18O/c1-9(2)7-4-5-10(3,6-11)8(7)9/h7-8,11H,4-6H2,1-3H3. The van der Waals surface area contributed by atoms with E-state index in [0.29, 0.717) is 12.0 Å². The molecule has 1 nitrogen and oxygen atoms in total. The second-order valence-corrected chi connectivity index (χ2v) is 5.26. The highest BCUT2D eigenvalue weighted by Crippen LogP contribution is 2.73. The van der Waals surface area contributed by atoms with Gasteiger partial charge in [-0.25, -0.2) is 0 Å². The summed E-state index contributed by atoms with van der Waals surface area (Å²) in [4.78, 5) is 0. The zero-order valence-corrected chi connectivity index (χ0v) is 7.72. The maximum absolute atomic E-state index is 9.25. The Hall–Kier alpha value is -0.0400. The van der Waals surface area contributed by atoms with E-state index in [1.807, 2.05) is 0 Å². The van der Waals surface area contributed by atoms with Crippen LogP contribution in [0.3, 0.4) is 0 Å². The van der Waals surface area contributed by atoms with E-state index in [1.54, 1.807) is 0 Å². The minimum Gasteiger partial charge on any atom is -0.396 e. The fourth-order valence-corrected chi connectivity index (χ4v) is 3.48. The van der Waals surface area contributed by atoms with E-state index < -0.39 is 0 Å². The molecule has 0 aromatic carbocycles. The molecule has 2 rings (SSSR count). The van der Waals surface area contributed by atoms with E-state index in [-0.39, 0.29) is 5.41 Å². The van der Waals surface area contributed by atoms with Gasteiger partial charge in [-0.3, -0.25) is 0 Å². The van der Waals surface area contributed by atoms with Gasteiger partial charge < -0.3 is 5.11 Å². The molecule has 3 unspecified atom stereocenters. The van der Waals surface area contributed by atoms with Gasteiger partial charge in [0.05, 0.1) is 0 Å². The molecular weight excluding hydrogens is 136 g/mol. The normalized spacial score (nSPS) is 52.4. The van der Waals surface area contributed by atoms with Crippen LogP contribution in [-0.4, -0.2) is 11.7 Å². The molecule has 0 amide bonds. The largest absolute Gasteiger partial charge is 0.396 e. The summed E-state index contributed by atoms with van der Waals surface area (Å²) in [7, 11) is 0. The molecule has 0 saturated heterocycles. The van der Waals surface area contributed by atoms with Crippen molar-refractivity contribution in [1.82, 2.24) is 0 Å². The highest BCUT2D eigenvalue weighted by atomic mass is 16.3. The molecule has 3 atom stereocenters. The fourth-order valence-electron chi connectivity index (χ4n) is 3.48. The number of hydrogen-bond acceptors (Lipinski definition) is 1. The molecule has 0 aromatic rings. The maximum atomic E-state index is 9.25. The predicted octanol–water partition coefficient (Wildman–Crippen LogP) is 2.05. The van der Waals surface area contributed by atoms with Crippen LogP contribution >= 0.6 is 0 Å². The molecule has 2 aliphatic carbocycles. The molecule has 64 valence electrons. The number of hydrogen-bond donors (Lipinski definition) is 1. The van der Waals surface area contributed by atoms with Crippen LogP contribution in [0.4, 0.5) is 0 Å². The second kappa shape index (κ2) is 1.82. The van der Waals surface area contributed by atoms with Crippen molar-refractivity contribution in [3.05, 3.63) is 0 Å². The highest BCUT2D eigenvalue weighted by molar-refractivity contribution is 5.16. The Morgan fingerprint density at radius 1 is 1.36 bits per heavy atom. The molecule has 2 fully saturated rings. The first-order valence-electron chi connectivity index (χ1n) is 4.63. The third-order valence-electron chi connectivity index (χ3n) is 4.19. The second-order valence-electron chi connectivity index (χ2n) is 5.26. The summed E-state index contributed by atoms with van der Waals surface area (Å²) >= 11 is 0. The van der Waals surface area contributed by atoms with Crippen molar-refractivity contribution >= 4 is 0 Å². The lowest BCUT2D eigenvalue weighted by atomic mass is 9.80. The topological polar surface area (TPSA) is 20.2 Å². The molecular formula is C10H18O. The molecule has 1 N–H and O–H groups in total. The van der Waals surface area contributed by atoms with Crippen molar-refractivity contribution < 1.29 is 5.11 Å². The molecule has 0 spiro atoms. The van der Waals surface area contributed by atoms with Gasteiger partial charge in [0.15, 0.2) is 0 Å². The minimum absolute atomic E-state index is 0.258. The zero-order chi connectivity index (χ0) is 8.28. The van der Waals surface area contributed by atoms with E-state index in [1.165, 1.54) is 12.8 Å². The van der Waals surface area contributed by atoms with Crippen molar-refractivity contribution in [3.8, 4) is 0 Å². The maximum Gasteiger partial charge on any atom is 0.0487 e. The molecule has 0 aliphatic heterocycles. The van der Waals surface area contributed by atoms with Gasteiger partial charge in [0.1, 0.15) is 0 Å². The third kappa shape index (κ3) is 0.752. The van der Waals surface area contributed by atoms with Gasteiger partial charge in [-0.2, -0.15) is 0 Å². The highest BCUT2D eigenvalue weighted by Gasteiger charge is 2.67. The van der Waals surface area contributed by atoms with Gasteiger partial charge >= 0.3 is 0 Å². The van der Waals surface area contributed by atoms with Gasteiger partial charge in [-0.15, -0.1) is 0 Å². The van der Waals surface area contributed by atoms with Gasteiger partial charge in [0, 0.05) is 6.61 Å². The summed E-state index contributed by atoms with van der Waals surface area (Å²) in [5.74, 6) is 1.72. The Morgan fingerprint density at radius 3 is 2.27 bits per heavy atom. The van der Waals surface area contributed by atoms with Crippen LogP contribution < -0.4 is 0 Å². The Morgan fingerprint density at radius 2 is 2.00 bits per heavy atom. The molecule has 11 heavy (non-hydrogen) atoms. The van der Waals surface area contributed by atoms with Crippen molar-refractivity contribution in [1.29, 1.82) is 0 Å². The van der Waals surface area contributed by atoms with Gasteiger partial charge in [-0.05, 0) is 35.5 Å². The first-order chi connectivity index (χ1) is 5.02. The summed E-state index contributed by atoms with van der Waals surface area (Å²) in [6.45, 7) is 7.31. The SMILES string of the molecule is CC1(CO)CCC2C1C2(C)C. The smallest absolute Gasteiger partial charge is 0.0487 e. The average molecular weight is 154 g/mol. The monoisotopic (exact) mass is 154 g/mol. The van der Waals surface area contributed by atoms with Crippen LogP contribution in [0.1, 0.15) is 33.6 Å². The van der Waals surface area contributed by atoms with Crippen LogP contribution in [0, 0.1) is 22.7 Å². The number of fused-ring (bicyclic) bond motifs is 1. The molecule has 2 saturated carbocycles. The van der Waals surface area contributed by atoms with Crippen molar-refractivity contribution in [2.45, 2.75) is 33.6 Å². The van der Waals surface area contributed by atoms with Crippen LogP contribution in [-0.2, 0) is 0 Å². The fraction of sp³-hybridized carbons (Fsp3) is 1.00. The first kappa shape index (κ1) is 7.60. The van der Waals surface area contributed by atoms with Crippen LogP contribution in [0.25, 0.3) is 0 Å². The molecule has 2 aliphatic rings. The number of rotatable bonds is 1. The van der Waals surface area contributed by atoms with Crippen LogP contribution in [0.15, 0.2) is 0 Å². The zero-order valence-electron chi connectivity index (χ0n) is 7.72. The molecule has 0 aromatic heterocycles. The van der Waals surface area contributed by atoms with Gasteiger partial charge in [0.25, 0.3) is 0 Å². The lowest BCUT2D eigenvalue weighted by Crippen LogP contribution is -2.24. The van der Waals surface area contributed by atoms with E-state index in [0.717, 1.165) is 11.8 Å². The Labute approximate surface area is 68.8 Å². The number of aliphatic hydroxyl groups excluding tert-OH is 1. The minimum atomic E-state index is 0.258. The van der Waals surface area contributed by atoms with Crippen molar-refractivity contribution in [2.75, 3.05) is 6.61 Å². The average Bonchev–Trinajstić information content (AvgIpc) is 2.36. The Bertz CT molecular complexity index is 185. The van der Waals surface area contributed by atoms with E-state index >= 15 is 0 Å². The van der Waals surface area contributed by atoms with E-state index in [2.05, 4.69) is 20.8 Å². The predicted molar refractivity (Wildman–Crippen MR) is 45.2 cm³/mol. The third-order valence-corrected chi connectivity index (χ3v) is 4.19. The molecule has 1 heteroatoms. The summed E-state index contributed by atoms with van der Waals surface area (Å²) < 4.78 is 0. The summed E-state index contributed by atoms with van der Waals surface area (Å²) in [5.41, 5.74) is 0.796. The summed E-state index contributed by atoms with van der Waals surface area (Å²) in [6.07, 6.45) is 2.58. The first-order valence-corrected chi connectivity index (χ1v) is 4.63. The summed E-state index contributed by atoms with van der Waals surface area (Å²) in [5, 5.41) is 9.25. The molecule has 0 heterocycles. The molecule has 0 radical (unpaired) electrons. The lowest BCUT2D eigenvalue weighted by Gasteiger charge is -2.26. The van der Waals surface area contributed by atoms with Crippen molar-refractivity contribution in [2.24, 2.45) is 22.7 Å². The van der Waals surface area contributed by atoms with E-state index in [4.69, 9.17) is 0 Å². The summed E-state index contributed by atoms with van der Waals surface area (Å²) in [6, 6.07) is 0. The van der Waals surface area contributed by atoms with E-state index in [9.17, 15) is 5.11 Å². The molecule has 0 bridgehead atoms. The van der Waals surface area contributed by atoms with Crippen molar-refractivity contribution in [3.63, 3.8) is 0 Å². The Kier molecular flexibility index (Phi) is 1.26. The van der Waals surface area contributed by atoms with Gasteiger partial charge in [-0.1, -0.05) is 20.8 Å². The van der Waals surface area contributed by atoms with Crippen LogP contribution in [0.5, 0.6) is 0 Å². The van der Waals surface area contributed by atoms with Gasteiger partial charge in [0.2, 0.25) is 0 Å². The Balaban J connectivity index is 2.19. The lowest BCUT2D eigenvalue weighted by molar-refractivity contribution is 0.108. The quantitative estimate of drug-likeness (QED) is 0.613. The number of aliphatic hydroxyl groups is 1. The van der Waals surface area contributed by atoms with Crippen LogP contribution in [0.2, 0.25) is 0 Å².